The van der Waals surface area contributed by atoms with Crippen molar-refractivity contribution in [2.45, 2.75) is 12.8 Å². The smallest absolute Gasteiger partial charge is 0.195 e. The van der Waals surface area contributed by atoms with Crippen LogP contribution in [0.4, 0.5) is 0 Å². The number of aromatic nitrogens is 3. The van der Waals surface area contributed by atoms with E-state index >= 15 is 0 Å². The van der Waals surface area contributed by atoms with E-state index in [1.807, 2.05) is 77.3 Å². The number of benzene rings is 8. The second-order valence-electron chi connectivity index (χ2n) is 14.3. The average molecular weight is 668 g/mol. The molecule has 0 radical (unpaired) electrons. The monoisotopic (exact) mass is 667 g/mol. The molecule has 7 heteroatoms. The molecule has 3 aromatic heterocycles. The van der Waals surface area contributed by atoms with E-state index in [1.165, 1.54) is 0 Å². The Bertz CT molecular complexity index is 3770. The highest BCUT2D eigenvalue weighted by molar-refractivity contribution is 6.38. The van der Waals surface area contributed by atoms with Gasteiger partial charge in [0.2, 0.25) is 0 Å². The number of ketones is 2. The van der Waals surface area contributed by atoms with Crippen LogP contribution in [0.5, 0.6) is 0 Å². The van der Waals surface area contributed by atoms with Gasteiger partial charge in [0.15, 0.2) is 22.4 Å². The van der Waals surface area contributed by atoms with Crippen molar-refractivity contribution in [1.29, 1.82) is 0 Å². The summed E-state index contributed by atoms with van der Waals surface area (Å²) in [6, 6.07) is 27.3. The van der Waals surface area contributed by atoms with Gasteiger partial charge >= 0.3 is 0 Å². The Morgan fingerprint density at radius 3 is 2.17 bits per heavy atom. The first kappa shape index (κ1) is 26.8. The number of carbonyl (C=O) groups is 2. The molecule has 1 N–H and O–H groups in total. The van der Waals surface area contributed by atoms with Crippen LogP contribution in [0.2, 0.25) is 0 Å². The molecule has 52 heavy (non-hydrogen) atoms. The molecule has 0 fully saturated rings. The molecular formula is C45H21N3O4. The first-order chi connectivity index (χ1) is 25.5. The Morgan fingerprint density at radius 1 is 0.577 bits per heavy atom. The fraction of sp³-hybridized carbons (Fsp3) is 0.0444. The number of nitrogens with zero attached hydrogens (tertiary/aromatic N) is 2. The second kappa shape index (κ2) is 8.65. The fourth-order valence-corrected chi connectivity index (χ4v) is 9.84. The van der Waals surface area contributed by atoms with Crippen LogP contribution in [-0.2, 0) is 0 Å². The molecule has 13 rings (SSSR count). The first-order valence-electron chi connectivity index (χ1n) is 17.5. The molecule has 0 spiro atoms. The van der Waals surface area contributed by atoms with Crippen molar-refractivity contribution in [2.75, 3.05) is 0 Å². The molecule has 7 nitrogen and oxygen atoms in total. The number of carbonyl (C=O) groups excluding carboxylic acids is 2. The van der Waals surface area contributed by atoms with E-state index in [4.69, 9.17) is 5.10 Å². The number of rotatable bonds is 0. The summed E-state index contributed by atoms with van der Waals surface area (Å²) in [6.45, 7) is 0. The van der Waals surface area contributed by atoms with Crippen molar-refractivity contribution in [3.63, 3.8) is 0 Å². The van der Waals surface area contributed by atoms with Crippen molar-refractivity contribution in [2.24, 2.45) is 0 Å². The van der Waals surface area contributed by atoms with Gasteiger partial charge in [0, 0.05) is 81.5 Å². The van der Waals surface area contributed by atoms with Gasteiger partial charge in [-0.15, -0.1) is 0 Å². The lowest BCUT2D eigenvalue weighted by Gasteiger charge is -2.22. The Balaban J connectivity index is 1.17. The van der Waals surface area contributed by atoms with E-state index in [-0.39, 0.29) is 22.4 Å². The number of nitrogens with one attached hydrogen (secondary N) is 1. The van der Waals surface area contributed by atoms with Crippen molar-refractivity contribution >= 4 is 115 Å². The largest absolute Gasteiger partial charge is 0.354 e. The lowest BCUT2D eigenvalue weighted by atomic mass is 9.79. The van der Waals surface area contributed by atoms with E-state index in [0.29, 0.717) is 55.8 Å². The molecule has 11 aromatic rings. The molecule has 3 heterocycles. The number of pyridine rings is 1. The Morgan fingerprint density at radius 2 is 1.29 bits per heavy atom. The van der Waals surface area contributed by atoms with Crippen LogP contribution in [0.1, 0.15) is 33.6 Å². The van der Waals surface area contributed by atoms with Crippen LogP contribution in [0.3, 0.4) is 0 Å². The SMILES string of the molecule is O=C1C2=C(CCC=C2)C(=O)c2c1ccc1c2[nH]c2ccc3c4ccc5c6c(ccc(c(=O)c3c21)c46)c1ccc2c(=O)c3ccccc3c3nn5c1c23. The van der Waals surface area contributed by atoms with Gasteiger partial charge in [0.1, 0.15) is 5.52 Å². The average Bonchev–Trinajstić information content (AvgIpc) is 3.77. The molecule has 240 valence electrons. The third-order valence-corrected chi connectivity index (χ3v) is 12.0. The normalized spacial score (nSPS) is 15.2. The molecule has 0 amide bonds. The standard InChI is InChI=1S/C45H21N3O4/c49-42-24-6-2-1-5-22(24)40-37-29(42)13-10-23-21-9-12-28-33-19(16-18-32(35(21)33)48(47-40)41(23)37)20-15-17-31-34(36(20)45(28)52)27-11-14-30-38(39(27)46-31)44(51)26-8-4-3-7-25(26)43(30)50/h1-3,5-7,9-18,46H,4,8H2. The summed E-state index contributed by atoms with van der Waals surface area (Å²) >= 11 is 0. The highest BCUT2D eigenvalue weighted by atomic mass is 16.1. The van der Waals surface area contributed by atoms with E-state index < -0.39 is 0 Å². The predicted molar refractivity (Wildman–Crippen MR) is 207 cm³/mol. The van der Waals surface area contributed by atoms with Gasteiger partial charge in [-0.25, -0.2) is 4.52 Å². The zero-order valence-electron chi connectivity index (χ0n) is 27.2. The second-order valence-corrected chi connectivity index (χ2v) is 14.3. The minimum atomic E-state index is -0.135. The van der Waals surface area contributed by atoms with Crippen LogP contribution in [-0.4, -0.2) is 26.2 Å². The maximum Gasteiger partial charge on any atom is 0.195 e. The summed E-state index contributed by atoms with van der Waals surface area (Å²) in [5.41, 5.74) is 5.64. The molecule has 8 aromatic carbocycles. The van der Waals surface area contributed by atoms with Crippen LogP contribution < -0.4 is 10.9 Å². The maximum absolute atomic E-state index is 14.9. The number of H-pyrrole nitrogens is 1. The van der Waals surface area contributed by atoms with Crippen LogP contribution in [0.25, 0.3) is 103 Å². The summed E-state index contributed by atoms with van der Waals surface area (Å²) < 4.78 is 1.96. The summed E-state index contributed by atoms with van der Waals surface area (Å²) in [5.74, 6) is -0.257. The molecule has 0 saturated heterocycles. The number of fused-ring (bicyclic) bond motifs is 12. The Kier molecular flexibility index (Phi) is 4.46. The van der Waals surface area contributed by atoms with Gasteiger partial charge in [0.25, 0.3) is 0 Å². The van der Waals surface area contributed by atoms with Gasteiger partial charge in [-0.3, -0.25) is 19.2 Å². The number of Topliss-reactive ketones (excluding diaryl/α,β-unsaturated/α-hetero) is 2. The third-order valence-electron chi connectivity index (χ3n) is 12.0. The van der Waals surface area contributed by atoms with Gasteiger partial charge in [-0.2, -0.15) is 5.10 Å². The number of hydrogen-bond acceptors (Lipinski definition) is 5. The van der Waals surface area contributed by atoms with Gasteiger partial charge < -0.3 is 4.98 Å². The molecule has 0 bridgehead atoms. The predicted octanol–water partition coefficient (Wildman–Crippen LogP) is 9.10. The summed E-state index contributed by atoms with van der Waals surface area (Å²) in [5, 5.41) is 16.4. The van der Waals surface area contributed by atoms with Crippen LogP contribution in [0, 0.1) is 0 Å². The first-order valence-corrected chi connectivity index (χ1v) is 17.5. The van der Waals surface area contributed by atoms with E-state index in [1.54, 1.807) is 12.1 Å². The number of hydrogen-bond donors (Lipinski definition) is 1. The topological polar surface area (TPSA) is 101 Å². The number of aromatic amines is 1. The quantitative estimate of drug-likeness (QED) is 0.128. The van der Waals surface area contributed by atoms with Gasteiger partial charge in [-0.1, -0.05) is 66.7 Å². The highest BCUT2D eigenvalue weighted by Crippen LogP contribution is 2.45. The molecule has 0 aliphatic heterocycles. The third kappa shape index (κ3) is 2.82. The van der Waals surface area contributed by atoms with Crippen molar-refractivity contribution in [3.05, 3.63) is 140 Å². The van der Waals surface area contributed by atoms with Crippen LogP contribution >= 0.6 is 0 Å². The van der Waals surface area contributed by atoms with Crippen molar-refractivity contribution in [3.8, 4) is 0 Å². The number of allylic oxidation sites excluding steroid dienone is 4. The fourth-order valence-electron chi connectivity index (χ4n) is 9.84. The lowest BCUT2D eigenvalue weighted by molar-refractivity contribution is 0.0975. The van der Waals surface area contributed by atoms with Gasteiger partial charge in [0.05, 0.1) is 22.1 Å². The summed E-state index contributed by atoms with van der Waals surface area (Å²) in [7, 11) is 0. The maximum atomic E-state index is 14.9. The highest BCUT2D eigenvalue weighted by Gasteiger charge is 2.34. The molecule has 0 unspecified atom stereocenters. The van der Waals surface area contributed by atoms with E-state index in [2.05, 4.69) is 17.1 Å². The minimum Gasteiger partial charge on any atom is -0.354 e. The van der Waals surface area contributed by atoms with E-state index in [0.717, 1.165) is 82.3 Å². The molecule has 0 saturated carbocycles. The zero-order chi connectivity index (χ0) is 34.3. The van der Waals surface area contributed by atoms with Gasteiger partial charge in [-0.05, 0) is 59.3 Å². The lowest BCUT2D eigenvalue weighted by Crippen LogP contribution is -2.23. The zero-order valence-corrected chi connectivity index (χ0v) is 27.2. The molecule has 2 aliphatic carbocycles. The summed E-state index contributed by atoms with van der Waals surface area (Å²) in [6.07, 6.45) is 4.98. The van der Waals surface area contributed by atoms with Crippen molar-refractivity contribution in [1.82, 2.24) is 14.6 Å². The summed E-state index contributed by atoms with van der Waals surface area (Å²) in [4.78, 5) is 59.5. The van der Waals surface area contributed by atoms with Crippen LogP contribution in [0.15, 0.2) is 118 Å². The molecule has 2 aliphatic rings. The minimum absolute atomic E-state index is 0.000461. The van der Waals surface area contributed by atoms with Crippen molar-refractivity contribution < 1.29 is 9.59 Å². The van der Waals surface area contributed by atoms with E-state index in [9.17, 15) is 19.2 Å². The molecular weight excluding hydrogens is 647 g/mol. The Labute approximate surface area is 290 Å². The molecule has 0 atom stereocenters. The Hall–Kier alpha value is -6.99.